The maximum atomic E-state index is 12.6. The minimum atomic E-state index is -0.367. The van der Waals surface area contributed by atoms with Gasteiger partial charge in [-0.25, -0.2) is 0 Å². The number of ketones is 4. The number of anilines is 4. The number of rotatable bonds is 29. The van der Waals surface area contributed by atoms with Gasteiger partial charge in [0.2, 0.25) is 0 Å². The van der Waals surface area contributed by atoms with Crippen LogP contribution in [0, 0.1) is 34.6 Å². The summed E-state index contributed by atoms with van der Waals surface area (Å²) in [6.45, 7) is 23.7. The summed E-state index contributed by atoms with van der Waals surface area (Å²) in [4.78, 5) is 67.3. The molecule has 20 nitrogen and oxygen atoms in total. The van der Waals surface area contributed by atoms with Gasteiger partial charge in [-0.3, -0.25) is 39.1 Å². The maximum absolute atomic E-state index is 12.6. The van der Waals surface area contributed by atoms with E-state index in [0.717, 1.165) is 28.3 Å². The number of Topliss-reactive ketones (excluding diaryl/α,β-unsaturated/α-hetero) is 4. The quantitative estimate of drug-likeness (QED) is 0.0194. The lowest BCUT2D eigenvalue weighted by atomic mass is 10.0. The number of nitrogens with one attached hydrogen (secondary N) is 4. The zero-order chi connectivity index (χ0) is 75.2. The van der Waals surface area contributed by atoms with Crippen LogP contribution in [-0.2, 0) is 19.2 Å². The molecule has 0 aliphatic carbocycles. The molecule has 0 saturated carbocycles. The van der Waals surface area contributed by atoms with Crippen molar-refractivity contribution in [3.05, 3.63) is 214 Å². The highest BCUT2D eigenvalue weighted by Gasteiger charge is 2.22. The van der Waals surface area contributed by atoms with E-state index in [2.05, 4.69) is 41.2 Å². The van der Waals surface area contributed by atoms with Crippen LogP contribution in [0.3, 0.4) is 0 Å². The molecule has 0 aliphatic rings. The first kappa shape index (κ1) is 81.4. The number of benzene rings is 8. The number of phenols is 8. The summed E-state index contributed by atoms with van der Waals surface area (Å²) in [7, 11) is 0. The highest BCUT2D eigenvalue weighted by atomic mass is 16.3. The molecule has 20 heteroatoms. The Morgan fingerprint density at radius 3 is 0.951 bits per heavy atom. The van der Waals surface area contributed by atoms with Crippen molar-refractivity contribution in [2.24, 2.45) is 20.0 Å². The molecule has 0 fully saturated rings. The van der Waals surface area contributed by atoms with E-state index in [9.17, 15) is 60.0 Å². The van der Waals surface area contributed by atoms with Crippen LogP contribution in [0.1, 0.15) is 138 Å². The number of para-hydroxylation sites is 3. The van der Waals surface area contributed by atoms with Gasteiger partial charge in [0, 0.05) is 90.1 Å². The fraction of sp³-hybridized carbons (Fsp3) is 0.317. The molecule has 0 spiro atoms. The topological polar surface area (TPSA) is 328 Å². The minimum Gasteiger partial charge on any atom is -0.508 e. The lowest BCUT2D eigenvalue weighted by molar-refractivity contribution is -0.119. The highest BCUT2D eigenvalue weighted by Crippen LogP contribution is 2.34. The van der Waals surface area contributed by atoms with Gasteiger partial charge >= 0.3 is 0 Å². The summed E-state index contributed by atoms with van der Waals surface area (Å²) in [6.07, 6.45) is 3.05. The molecule has 102 heavy (non-hydrogen) atoms. The van der Waals surface area contributed by atoms with Crippen LogP contribution in [0.15, 0.2) is 184 Å². The van der Waals surface area contributed by atoms with E-state index in [0.29, 0.717) is 99.5 Å². The summed E-state index contributed by atoms with van der Waals surface area (Å²) in [6, 6.07) is 47.8. The number of carbonyl (C=O) groups excluding carboxylic acids is 4. The predicted octanol–water partition coefficient (Wildman–Crippen LogP) is 15.4. The van der Waals surface area contributed by atoms with E-state index in [4.69, 9.17) is 0 Å². The Balaban J connectivity index is 0.000000245. The van der Waals surface area contributed by atoms with Crippen LogP contribution in [0.4, 0.5) is 22.7 Å². The monoisotopic (exact) mass is 1390 g/mol. The average Bonchev–Trinajstić information content (AvgIpc) is 0.843. The van der Waals surface area contributed by atoms with Gasteiger partial charge in [-0.2, -0.15) is 0 Å². The number of phenolic OH excluding ortho intramolecular Hbond substituents is 8. The van der Waals surface area contributed by atoms with Gasteiger partial charge in [-0.1, -0.05) is 101 Å². The van der Waals surface area contributed by atoms with E-state index in [1.54, 1.807) is 65.8 Å². The van der Waals surface area contributed by atoms with Crippen molar-refractivity contribution in [3.8, 4) is 46.0 Å². The van der Waals surface area contributed by atoms with Crippen LogP contribution in [0.25, 0.3) is 0 Å². The van der Waals surface area contributed by atoms with Gasteiger partial charge in [-0.05, 0) is 190 Å². The lowest BCUT2D eigenvalue weighted by Gasteiger charge is -2.16. The highest BCUT2D eigenvalue weighted by molar-refractivity contribution is 6.07. The van der Waals surface area contributed by atoms with Gasteiger partial charge in [-0.15, -0.1) is 0 Å². The molecule has 0 radical (unpaired) electrons. The Hall–Kier alpha value is -11.3. The molecule has 0 amide bonds. The fourth-order valence-corrected chi connectivity index (χ4v) is 10.4. The van der Waals surface area contributed by atoms with Crippen molar-refractivity contribution >= 4 is 68.7 Å². The van der Waals surface area contributed by atoms with Crippen LogP contribution in [0.5, 0.6) is 46.0 Å². The molecule has 4 atom stereocenters. The summed E-state index contributed by atoms with van der Waals surface area (Å²) in [5.41, 5.74) is 11.0. The SMILES string of the molecule is CCC(=NCC(=O)C(C)Nc1cccc(C)c1)c1ccc(O)c(C)c1O.CCC(=NCC(=O)C(C)Nc1ccccc1)c1ccc(O)c(C)c1O.CCC(=NCC(=O)C(CC)Nc1ccccc1)c1ccc(O)c(C)c1O.CCC(Nc1ccccc1)C(=O)CN=C(C)c1ccc(O)c(C)c1O. The smallest absolute Gasteiger partial charge is 0.176 e. The first-order valence-electron chi connectivity index (χ1n) is 34.3. The largest absolute Gasteiger partial charge is 0.508 e. The molecule has 540 valence electrons. The number of hydrogen-bond donors (Lipinski definition) is 12. The molecule has 0 bridgehead atoms. The van der Waals surface area contributed by atoms with Crippen molar-refractivity contribution < 1.29 is 60.0 Å². The Labute approximate surface area is 599 Å². The zero-order valence-corrected chi connectivity index (χ0v) is 60.8. The summed E-state index contributed by atoms with van der Waals surface area (Å²) in [5.74, 6) is 0.0553. The van der Waals surface area contributed by atoms with Gasteiger partial charge in [0.1, 0.15) is 52.5 Å². The van der Waals surface area contributed by atoms with Gasteiger partial charge < -0.3 is 62.1 Å². The van der Waals surface area contributed by atoms with Crippen LogP contribution < -0.4 is 21.3 Å². The third-order valence-electron chi connectivity index (χ3n) is 17.0. The number of aryl methyl sites for hydroxylation is 1. The molecule has 0 aromatic heterocycles. The molecule has 4 unspecified atom stereocenters. The Morgan fingerprint density at radius 1 is 0.343 bits per heavy atom. The predicted molar refractivity (Wildman–Crippen MR) is 412 cm³/mol. The summed E-state index contributed by atoms with van der Waals surface area (Å²) >= 11 is 0. The third kappa shape index (κ3) is 24.0. The van der Waals surface area contributed by atoms with Crippen LogP contribution in [0.2, 0.25) is 0 Å². The van der Waals surface area contributed by atoms with E-state index < -0.39 is 0 Å². The molecule has 0 heterocycles. The first-order valence-corrected chi connectivity index (χ1v) is 34.3. The van der Waals surface area contributed by atoms with Crippen molar-refractivity contribution in [3.63, 3.8) is 0 Å². The van der Waals surface area contributed by atoms with E-state index in [1.807, 2.05) is 164 Å². The van der Waals surface area contributed by atoms with E-state index >= 15 is 0 Å². The maximum Gasteiger partial charge on any atom is 0.176 e. The Bertz CT molecular complexity index is 4230. The summed E-state index contributed by atoms with van der Waals surface area (Å²) < 4.78 is 0. The second kappa shape index (κ2) is 40.7. The lowest BCUT2D eigenvalue weighted by Crippen LogP contribution is -2.31. The molecule has 0 saturated heterocycles. The molecule has 12 N–H and O–H groups in total. The second-order valence-electron chi connectivity index (χ2n) is 24.4. The zero-order valence-electron chi connectivity index (χ0n) is 60.8. The van der Waals surface area contributed by atoms with Crippen LogP contribution >= 0.6 is 0 Å². The molecular formula is C82H100N8O12. The molecular weight excluding hydrogens is 1290 g/mol. The molecule has 8 aromatic carbocycles. The summed E-state index contributed by atoms with van der Waals surface area (Å²) in [5, 5.41) is 92.2. The van der Waals surface area contributed by atoms with Crippen molar-refractivity contribution in [2.45, 2.75) is 146 Å². The average molecular weight is 1390 g/mol. The van der Waals surface area contributed by atoms with Crippen molar-refractivity contribution in [1.82, 2.24) is 0 Å². The number of hydrogen-bond acceptors (Lipinski definition) is 20. The van der Waals surface area contributed by atoms with E-state index in [-0.39, 0.29) is 119 Å². The first-order chi connectivity index (χ1) is 48.7. The standard InChI is InChI=1S/2C21H26N2O3.2C20H24N2O3/c1-5-18(17-9-10-19(24)14(3)21(17)26)22-12-20(25)15(4)23-16-8-6-7-13(2)11-16;1-4-17(16-11-12-19(24)14(3)21(16)26)22-13-20(25)18(5-2)23-15-9-7-6-8-10-15;1-4-17(16-10-11-18(23)13(2)20(16)25)21-12-19(24)14(3)22-15-8-6-5-7-9-15;1-4-17(22-15-8-6-5-7-9-15)19(24)12-21-14(3)16-10-11-18(23)13(2)20(16)25/h6-11,15,23-24,26H,5,12H2,1-4H3;6-12,18,23-24,26H,4-5,13H2,1-3H3;5-11,14,22-23,25H,4,12H2,1-3H3;5-11,17,22-23,25H,4,12H2,1-3H3. The van der Waals surface area contributed by atoms with Crippen molar-refractivity contribution in [1.29, 1.82) is 0 Å². The van der Waals surface area contributed by atoms with Gasteiger partial charge in [0.05, 0.1) is 43.8 Å². The molecule has 8 rings (SSSR count). The van der Waals surface area contributed by atoms with Crippen LogP contribution in [-0.4, -0.2) is 137 Å². The van der Waals surface area contributed by atoms with Crippen molar-refractivity contribution in [2.75, 3.05) is 47.4 Å². The number of carbonyl (C=O) groups is 4. The second-order valence-corrected chi connectivity index (χ2v) is 24.4. The normalized spacial score (nSPS) is 12.7. The van der Waals surface area contributed by atoms with Gasteiger partial charge in [0.15, 0.2) is 23.1 Å². The Kier molecular flexibility index (Phi) is 32.5. The number of nitrogens with zero attached hydrogens (tertiary/aromatic N) is 4. The molecule has 0 aliphatic heterocycles. The Morgan fingerprint density at radius 2 is 0.627 bits per heavy atom. The third-order valence-corrected chi connectivity index (χ3v) is 17.0. The number of aromatic hydroxyl groups is 8. The van der Waals surface area contributed by atoms with Gasteiger partial charge in [0.25, 0.3) is 0 Å². The molecule has 8 aromatic rings. The number of aliphatic imine (C=N–C) groups is 4. The fourth-order valence-electron chi connectivity index (χ4n) is 10.4. The minimum absolute atomic E-state index is 0.00251. The van der Waals surface area contributed by atoms with E-state index in [1.165, 1.54) is 24.3 Å².